The molecule has 0 aliphatic carbocycles. The summed E-state index contributed by atoms with van der Waals surface area (Å²) in [5.74, 6) is 0.729. The van der Waals surface area contributed by atoms with Crippen LogP contribution in [0.4, 0.5) is 0 Å². The van der Waals surface area contributed by atoms with E-state index in [0.717, 1.165) is 37.1 Å². The quantitative estimate of drug-likeness (QED) is 0.438. The summed E-state index contributed by atoms with van der Waals surface area (Å²) < 4.78 is 6.36. The molecular formula is C30H36N2O3S. The zero-order chi connectivity index (χ0) is 25.2. The molecule has 0 unspecified atom stereocenters. The van der Waals surface area contributed by atoms with Crippen LogP contribution in [0.1, 0.15) is 53.4 Å². The van der Waals surface area contributed by atoms with E-state index in [9.17, 15) is 9.59 Å². The second-order valence-corrected chi connectivity index (χ2v) is 10.3. The molecule has 0 saturated heterocycles. The summed E-state index contributed by atoms with van der Waals surface area (Å²) in [5.41, 5.74) is 1.76. The minimum Gasteiger partial charge on any atom is -0.491 e. The van der Waals surface area contributed by atoms with E-state index < -0.39 is 0 Å². The molecule has 4 rings (SSSR count). The predicted octanol–water partition coefficient (Wildman–Crippen LogP) is 5.85. The van der Waals surface area contributed by atoms with Gasteiger partial charge >= 0.3 is 0 Å². The van der Waals surface area contributed by atoms with Crippen molar-refractivity contribution in [1.82, 2.24) is 9.80 Å². The Labute approximate surface area is 218 Å². The average Bonchev–Trinajstić information content (AvgIpc) is 3.41. The van der Waals surface area contributed by atoms with Gasteiger partial charge < -0.3 is 14.5 Å². The third kappa shape index (κ3) is 6.97. The smallest absolute Gasteiger partial charge is 0.257 e. The maximum Gasteiger partial charge on any atom is 0.257 e. The molecule has 2 amide bonds. The number of nitrogens with zero attached hydrogens (tertiary/aromatic N) is 2. The van der Waals surface area contributed by atoms with Crippen LogP contribution in [-0.2, 0) is 17.6 Å². The van der Waals surface area contributed by atoms with E-state index in [-0.39, 0.29) is 17.9 Å². The Kier molecular flexibility index (Phi) is 9.56. The number of para-hydroxylation sites is 1. The molecule has 190 valence electrons. The molecule has 36 heavy (non-hydrogen) atoms. The zero-order valence-corrected chi connectivity index (χ0v) is 21.9. The molecule has 2 heterocycles. The van der Waals surface area contributed by atoms with E-state index in [1.54, 1.807) is 11.3 Å². The van der Waals surface area contributed by atoms with Crippen LogP contribution in [0.15, 0.2) is 72.1 Å². The highest BCUT2D eigenvalue weighted by Gasteiger charge is 2.26. The first-order valence-corrected chi connectivity index (χ1v) is 13.9. The van der Waals surface area contributed by atoms with E-state index in [2.05, 4.69) is 12.1 Å². The number of thiophene rings is 1. The van der Waals surface area contributed by atoms with Crippen molar-refractivity contribution in [2.45, 2.75) is 51.5 Å². The summed E-state index contributed by atoms with van der Waals surface area (Å²) in [6.45, 7) is 4.48. The Balaban J connectivity index is 1.64. The Morgan fingerprint density at radius 2 is 1.69 bits per heavy atom. The fourth-order valence-corrected chi connectivity index (χ4v) is 5.48. The van der Waals surface area contributed by atoms with Crippen LogP contribution < -0.4 is 4.74 Å². The second kappa shape index (κ2) is 13.3. The largest absolute Gasteiger partial charge is 0.491 e. The fraction of sp³-hybridized carbons (Fsp3) is 0.400. The first-order chi connectivity index (χ1) is 17.7. The van der Waals surface area contributed by atoms with Gasteiger partial charge in [0.2, 0.25) is 5.91 Å². The van der Waals surface area contributed by atoms with Gasteiger partial charge in [-0.25, -0.2) is 0 Å². The van der Waals surface area contributed by atoms with Crippen LogP contribution in [0.2, 0.25) is 0 Å². The number of hydrogen-bond acceptors (Lipinski definition) is 4. The lowest BCUT2D eigenvalue weighted by atomic mass is 10.0. The van der Waals surface area contributed by atoms with Crippen LogP contribution in [0.5, 0.6) is 5.75 Å². The molecule has 1 aromatic heterocycles. The topological polar surface area (TPSA) is 49.9 Å². The van der Waals surface area contributed by atoms with Crippen molar-refractivity contribution in [2.75, 3.05) is 26.2 Å². The Hall–Kier alpha value is -3.12. The van der Waals surface area contributed by atoms with Crippen molar-refractivity contribution in [3.05, 3.63) is 88.1 Å². The number of hydrogen-bond donors (Lipinski definition) is 0. The first kappa shape index (κ1) is 26.0. The highest BCUT2D eigenvalue weighted by atomic mass is 32.1. The highest BCUT2D eigenvalue weighted by molar-refractivity contribution is 7.10. The molecule has 0 fully saturated rings. The maximum atomic E-state index is 13.6. The molecule has 3 aromatic rings. The molecule has 0 bridgehead atoms. The van der Waals surface area contributed by atoms with E-state index in [0.29, 0.717) is 43.9 Å². The summed E-state index contributed by atoms with van der Waals surface area (Å²) in [5, 5.41) is 2.02. The van der Waals surface area contributed by atoms with E-state index >= 15 is 0 Å². The van der Waals surface area contributed by atoms with E-state index in [4.69, 9.17) is 4.74 Å². The molecule has 1 aliphatic rings. The number of fused-ring (bicyclic) bond motifs is 1. The van der Waals surface area contributed by atoms with Crippen LogP contribution in [-0.4, -0.2) is 53.9 Å². The van der Waals surface area contributed by atoms with Gasteiger partial charge in [-0.1, -0.05) is 61.4 Å². The second-order valence-electron chi connectivity index (χ2n) is 9.29. The molecule has 2 aromatic carbocycles. The van der Waals surface area contributed by atoms with Crippen LogP contribution in [0.3, 0.4) is 0 Å². The zero-order valence-electron chi connectivity index (χ0n) is 21.1. The standard InChI is InChI=1S/C30H36N2O3S/c1-2-31-18-10-3-4-11-19-32(29(33)22-26-15-12-20-36-26)25(21-24-13-6-5-7-14-24)23-35-28-17-9-8-16-27(28)30(31)34/h5-9,12-17,20,25H,2-4,10-11,18-19,21-23H2,1H3/t25-/m1/s1. The molecule has 0 saturated carbocycles. The van der Waals surface area contributed by atoms with Crippen LogP contribution in [0.25, 0.3) is 0 Å². The van der Waals surface area contributed by atoms with Gasteiger partial charge in [0.25, 0.3) is 5.91 Å². The molecule has 5 nitrogen and oxygen atoms in total. The Morgan fingerprint density at radius 3 is 2.44 bits per heavy atom. The van der Waals surface area contributed by atoms with Gasteiger partial charge in [-0.2, -0.15) is 0 Å². The number of benzene rings is 2. The normalized spacial score (nSPS) is 17.7. The van der Waals surface area contributed by atoms with E-state index in [1.165, 1.54) is 5.56 Å². The third-order valence-corrected chi connectivity index (χ3v) is 7.65. The Morgan fingerprint density at radius 1 is 0.944 bits per heavy atom. The molecule has 0 radical (unpaired) electrons. The van der Waals surface area contributed by atoms with Gasteiger partial charge in [0.1, 0.15) is 12.4 Å². The summed E-state index contributed by atoms with van der Waals surface area (Å²) in [6, 6.07) is 21.7. The minimum absolute atomic E-state index is 0.00963. The number of ether oxygens (including phenoxy) is 1. The molecule has 1 aliphatic heterocycles. The third-order valence-electron chi connectivity index (χ3n) is 6.78. The monoisotopic (exact) mass is 504 g/mol. The van der Waals surface area contributed by atoms with Gasteiger partial charge in [-0.3, -0.25) is 9.59 Å². The van der Waals surface area contributed by atoms with Gasteiger partial charge in [0.05, 0.1) is 18.0 Å². The van der Waals surface area contributed by atoms with E-state index in [1.807, 2.05) is 76.7 Å². The van der Waals surface area contributed by atoms with Gasteiger partial charge in [0, 0.05) is 24.5 Å². The molecular weight excluding hydrogens is 468 g/mol. The minimum atomic E-state index is -0.131. The van der Waals surface area contributed by atoms with Crippen molar-refractivity contribution < 1.29 is 14.3 Å². The maximum absolute atomic E-state index is 13.6. The Bertz CT molecular complexity index is 1100. The summed E-state index contributed by atoms with van der Waals surface area (Å²) in [4.78, 5) is 32.0. The van der Waals surface area contributed by atoms with Crippen molar-refractivity contribution in [3.8, 4) is 5.75 Å². The lowest BCUT2D eigenvalue weighted by molar-refractivity contribution is -0.133. The highest BCUT2D eigenvalue weighted by Crippen LogP contribution is 2.23. The fourth-order valence-electron chi connectivity index (χ4n) is 4.79. The lowest BCUT2D eigenvalue weighted by Crippen LogP contribution is -2.46. The lowest BCUT2D eigenvalue weighted by Gasteiger charge is -2.33. The number of amides is 2. The van der Waals surface area contributed by atoms with Crippen LogP contribution >= 0.6 is 11.3 Å². The van der Waals surface area contributed by atoms with Gasteiger partial charge in [-0.05, 0) is 55.3 Å². The van der Waals surface area contributed by atoms with Gasteiger partial charge in [0.15, 0.2) is 0 Å². The molecule has 0 N–H and O–H groups in total. The summed E-state index contributed by atoms with van der Waals surface area (Å²) in [7, 11) is 0. The van der Waals surface area contributed by atoms with Crippen LogP contribution in [0, 0.1) is 0 Å². The van der Waals surface area contributed by atoms with Gasteiger partial charge in [-0.15, -0.1) is 11.3 Å². The summed E-state index contributed by atoms with van der Waals surface area (Å²) >= 11 is 1.62. The first-order valence-electron chi connectivity index (χ1n) is 13.0. The van der Waals surface area contributed by atoms with Crippen molar-refractivity contribution >= 4 is 23.2 Å². The van der Waals surface area contributed by atoms with Crippen molar-refractivity contribution in [2.24, 2.45) is 0 Å². The summed E-state index contributed by atoms with van der Waals surface area (Å²) in [6.07, 6.45) is 5.08. The SMILES string of the molecule is CCN1CCCCCCN(C(=O)Cc2cccs2)[C@H](Cc2ccccc2)COc2ccccc2C1=O. The number of carbonyl (C=O) groups is 2. The number of carbonyl (C=O) groups excluding carboxylic acids is 2. The molecule has 6 heteroatoms. The van der Waals surface area contributed by atoms with Crippen molar-refractivity contribution in [3.63, 3.8) is 0 Å². The average molecular weight is 505 g/mol. The van der Waals surface area contributed by atoms with Crippen molar-refractivity contribution in [1.29, 1.82) is 0 Å². The molecule has 1 atom stereocenters. The predicted molar refractivity (Wildman–Crippen MR) is 146 cm³/mol. The number of rotatable bonds is 5. The molecule has 0 spiro atoms.